The van der Waals surface area contributed by atoms with Crippen molar-refractivity contribution in [2.75, 3.05) is 6.61 Å². The van der Waals surface area contributed by atoms with Crippen molar-refractivity contribution in [2.24, 2.45) is 0 Å². The van der Waals surface area contributed by atoms with Gasteiger partial charge in [0.25, 0.3) is 0 Å². The molecule has 7 nitrogen and oxygen atoms in total. The van der Waals surface area contributed by atoms with Crippen LogP contribution in [0.2, 0.25) is 0 Å². The summed E-state index contributed by atoms with van der Waals surface area (Å²) in [5.41, 5.74) is 0.909. The van der Waals surface area contributed by atoms with E-state index >= 15 is 0 Å². The van der Waals surface area contributed by atoms with Crippen LogP contribution in [0.15, 0.2) is 27.8 Å². The number of nitrogens with zero attached hydrogens (tertiary/aromatic N) is 3. The molecule has 0 bridgehead atoms. The lowest BCUT2D eigenvalue weighted by atomic mass is 10.1. The maximum atomic E-state index is 12.9. The van der Waals surface area contributed by atoms with E-state index in [2.05, 4.69) is 30.7 Å². The van der Waals surface area contributed by atoms with Gasteiger partial charge in [0.2, 0.25) is 10.0 Å². The minimum Gasteiger partial charge on any atom is -0.492 e. The second-order valence-electron chi connectivity index (χ2n) is 5.65. The van der Waals surface area contributed by atoms with Gasteiger partial charge in [0.05, 0.1) is 12.6 Å². The standard InChI is InChI=1S/C14H15BrN4O3S/c15-10-6-9-3-5-22-13(9)12(7-10)23(20,21)18-11-2-1-4-19-14(11)16-8-17-19/h6-8,11,18H,1-5H2. The van der Waals surface area contributed by atoms with Crippen LogP contribution in [0.3, 0.4) is 0 Å². The molecule has 0 radical (unpaired) electrons. The fraction of sp³-hybridized carbons (Fsp3) is 0.429. The molecule has 1 aromatic carbocycles. The SMILES string of the molecule is O=S(=O)(NC1CCCn2ncnc21)c1cc(Br)cc2c1OCC2. The molecule has 2 aromatic rings. The van der Waals surface area contributed by atoms with Gasteiger partial charge in [0, 0.05) is 23.0 Å². The van der Waals surface area contributed by atoms with E-state index in [4.69, 9.17) is 4.74 Å². The van der Waals surface area contributed by atoms with Crippen molar-refractivity contribution in [3.8, 4) is 5.75 Å². The molecule has 0 spiro atoms. The molecule has 0 saturated heterocycles. The van der Waals surface area contributed by atoms with Crippen LogP contribution < -0.4 is 9.46 Å². The van der Waals surface area contributed by atoms with Crippen LogP contribution in [0.1, 0.15) is 30.3 Å². The first-order valence-electron chi connectivity index (χ1n) is 7.40. The molecule has 4 rings (SSSR count). The molecule has 0 amide bonds. The fourth-order valence-corrected chi connectivity index (χ4v) is 5.18. The minimum atomic E-state index is -3.71. The van der Waals surface area contributed by atoms with E-state index in [0.717, 1.165) is 29.4 Å². The first kappa shape index (κ1) is 15.1. The summed E-state index contributed by atoms with van der Waals surface area (Å²) in [7, 11) is -3.71. The van der Waals surface area contributed by atoms with Gasteiger partial charge in [-0.05, 0) is 25.0 Å². The number of aryl methyl sites for hydroxylation is 1. The average molecular weight is 399 g/mol. The van der Waals surface area contributed by atoms with Gasteiger partial charge < -0.3 is 4.74 Å². The zero-order valence-corrected chi connectivity index (χ0v) is 14.6. The summed E-state index contributed by atoms with van der Waals surface area (Å²) in [6, 6.07) is 3.12. The Morgan fingerprint density at radius 3 is 3.13 bits per heavy atom. The smallest absolute Gasteiger partial charge is 0.244 e. The highest BCUT2D eigenvalue weighted by molar-refractivity contribution is 9.10. The largest absolute Gasteiger partial charge is 0.492 e. The number of hydrogen-bond donors (Lipinski definition) is 1. The predicted molar refractivity (Wildman–Crippen MR) is 85.7 cm³/mol. The molecule has 122 valence electrons. The van der Waals surface area contributed by atoms with Gasteiger partial charge in [0.1, 0.15) is 22.8 Å². The third-order valence-corrected chi connectivity index (χ3v) is 6.06. The lowest BCUT2D eigenvalue weighted by Crippen LogP contribution is -2.33. The summed E-state index contributed by atoms with van der Waals surface area (Å²) in [4.78, 5) is 4.37. The average Bonchev–Trinajstić information content (AvgIpc) is 3.14. The molecule has 1 unspecified atom stereocenters. The molecule has 0 fully saturated rings. The second-order valence-corrected chi connectivity index (χ2v) is 8.25. The lowest BCUT2D eigenvalue weighted by Gasteiger charge is -2.23. The Morgan fingerprint density at radius 2 is 2.26 bits per heavy atom. The molecule has 1 aromatic heterocycles. The molecule has 0 saturated carbocycles. The molecular weight excluding hydrogens is 384 g/mol. The Morgan fingerprint density at radius 1 is 1.39 bits per heavy atom. The quantitative estimate of drug-likeness (QED) is 0.851. The molecule has 0 aliphatic carbocycles. The van der Waals surface area contributed by atoms with E-state index in [1.807, 2.05) is 6.07 Å². The number of ether oxygens (including phenoxy) is 1. The minimum absolute atomic E-state index is 0.177. The molecular formula is C14H15BrN4O3S. The Hall–Kier alpha value is -1.45. The van der Waals surface area contributed by atoms with E-state index in [0.29, 0.717) is 24.6 Å². The topological polar surface area (TPSA) is 86.1 Å². The monoisotopic (exact) mass is 398 g/mol. The van der Waals surface area contributed by atoms with Gasteiger partial charge in [-0.1, -0.05) is 15.9 Å². The highest BCUT2D eigenvalue weighted by atomic mass is 79.9. The highest BCUT2D eigenvalue weighted by Crippen LogP contribution is 2.36. The normalized spacial score (nSPS) is 20.0. The summed E-state index contributed by atoms with van der Waals surface area (Å²) < 4.78 is 36.5. The van der Waals surface area contributed by atoms with Gasteiger partial charge >= 0.3 is 0 Å². The molecule has 3 heterocycles. The maximum absolute atomic E-state index is 12.9. The first-order chi connectivity index (χ1) is 11.0. The molecule has 2 aliphatic heterocycles. The Balaban J connectivity index is 1.71. The molecule has 1 atom stereocenters. The highest BCUT2D eigenvalue weighted by Gasteiger charge is 2.31. The Bertz CT molecular complexity index is 865. The van der Waals surface area contributed by atoms with E-state index in [9.17, 15) is 8.42 Å². The number of fused-ring (bicyclic) bond motifs is 2. The van der Waals surface area contributed by atoms with E-state index in [1.54, 1.807) is 10.7 Å². The molecule has 1 N–H and O–H groups in total. The fourth-order valence-electron chi connectivity index (χ4n) is 3.09. The van der Waals surface area contributed by atoms with Crippen LogP contribution in [-0.4, -0.2) is 29.8 Å². The van der Waals surface area contributed by atoms with Gasteiger partial charge in [0.15, 0.2) is 0 Å². The summed E-state index contributed by atoms with van der Waals surface area (Å²) >= 11 is 3.38. The number of benzene rings is 1. The van der Waals surface area contributed by atoms with Crippen LogP contribution in [-0.2, 0) is 23.0 Å². The summed E-state index contributed by atoms with van der Waals surface area (Å²) in [6.45, 7) is 1.27. The summed E-state index contributed by atoms with van der Waals surface area (Å²) in [6.07, 6.45) is 3.74. The zero-order valence-electron chi connectivity index (χ0n) is 12.2. The summed E-state index contributed by atoms with van der Waals surface area (Å²) in [5, 5.41) is 4.12. The number of rotatable bonds is 3. The molecule has 2 aliphatic rings. The third kappa shape index (κ3) is 2.66. The maximum Gasteiger partial charge on any atom is 0.244 e. The van der Waals surface area contributed by atoms with Crippen LogP contribution in [0, 0.1) is 0 Å². The Labute approximate surface area is 142 Å². The van der Waals surface area contributed by atoms with Gasteiger partial charge in [-0.3, -0.25) is 0 Å². The van der Waals surface area contributed by atoms with Crippen molar-refractivity contribution in [1.82, 2.24) is 19.5 Å². The van der Waals surface area contributed by atoms with Crippen molar-refractivity contribution < 1.29 is 13.2 Å². The van der Waals surface area contributed by atoms with Gasteiger partial charge in [-0.25, -0.2) is 22.8 Å². The van der Waals surface area contributed by atoms with Crippen molar-refractivity contribution in [1.29, 1.82) is 0 Å². The predicted octanol–water partition coefficient (Wildman–Crippen LogP) is 1.79. The van der Waals surface area contributed by atoms with E-state index in [1.165, 1.54) is 6.33 Å². The van der Waals surface area contributed by atoms with Gasteiger partial charge in [-0.15, -0.1) is 0 Å². The van der Waals surface area contributed by atoms with Crippen molar-refractivity contribution in [3.05, 3.63) is 34.3 Å². The Kier molecular flexibility index (Phi) is 3.66. The van der Waals surface area contributed by atoms with Crippen molar-refractivity contribution in [3.63, 3.8) is 0 Å². The van der Waals surface area contributed by atoms with E-state index in [-0.39, 0.29) is 10.9 Å². The van der Waals surface area contributed by atoms with Crippen molar-refractivity contribution in [2.45, 2.75) is 36.7 Å². The van der Waals surface area contributed by atoms with Crippen LogP contribution in [0.5, 0.6) is 5.75 Å². The number of halogens is 1. The van der Waals surface area contributed by atoms with Crippen LogP contribution in [0.4, 0.5) is 0 Å². The number of nitrogens with one attached hydrogen (secondary N) is 1. The van der Waals surface area contributed by atoms with Crippen LogP contribution >= 0.6 is 15.9 Å². The van der Waals surface area contributed by atoms with Crippen molar-refractivity contribution >= 4 is 26.0 Å². The number of aromatic nitrogens is 3. The van der Waals surface area contributed by atoms with E-state index < -0.39 is 10.0 Å². The van der Waals surface area contributed by atoms with Gasteiger partial charge in [-0.2, -0.15) is 5.10 Å². The van der Waals surface area contributed by atoms with Crippen LogP contribution in [0.25, 0.3) is 0 Å². The lowest BCUT2D eigenvalue weighted by molar-refractivity contribution is 0.347. The molecule has 23 heavy (non-hydrogen) atoms. The first-order valence-corrected chi connectivity index (χ1v) is 9.67. The zero-order chi connectivity index (χ0) is 16.0. The number of hydrogen-bond acceptors (Lipinski definition) is 5. The second kappa shape index (κ2) is 5.57. The summed E-state index contributed by atoms with van der Waals surface area (Å²) in [5.74, 6) is 1.12. The third-order valence-electron chi connectivity index (χ3n) is 4.12. The number of sulfonamides is 1. The molecule has 9 heteroatoms.